The van der Waals surface area contributed by atoms with Crippen molar-refractivity contribution in [3.05, 3.63) is 96.3 Å². The summed E-state index contributed by atoms with van der Waals surface area (Å²) in [6.45, 7) is 3.54. The molecule has 2 N–H and O–H groups in total. The van der Waals surface area contributed by atoms with Crippen LogP contribution in [-0.2, 0) is 4.79 Å². The monoisotopic (exact) mass is 498 g/mol. The second-order valence-electron chi connectivity index (χ2n) is 8.51. The molecule has 0 spiro atoms. The maximum Gasteiger partial charge on any atom is 0.221 e. The fourth-order valence-corrected chi connectivity index (χ4v) is 5.04. The van der Waals surface area contributed by atoms with Gasteiger partial charge in [-0.05, 0) is 73.7 Å². The van der Waals surface area contributed by atoms with Gasteiger partial charge in [0, 0.05) is 36.4 Å². The average Bonchev–Trinajstić information content (AvgIpc) is 3.44. The van der Waals surface area contributed by atoms with Gasteiger partial charge in [0.2, 0.25) is 5.91 Å². The van der Waals surface area contributed by atoms with Gasteiger partial charge in [0.15, 0.2) is 5.11 Å². The first-order valence-electron chi connectivity index (χ1n) is 11.5. The van der Waals surface area contributed by atoms with Gasteiger partial charge < -0.3 is 24.8 Å². The number of rotatable bonds is 6. The normalized spacial score (nSPS) is 17.1. The highest BCUT2D eigenvalue weighted by molar-refractivity contribution is 7.80. The van der Waals surface area contributed by atoms with E-state index in [0.717, 1.165) is 28.5 Å². The highest BCUT2D eigenvalue weighted by Gasteiger charge is 2.42. The molecule has 1 aliphatic rings. The zero-order chi connectivity index (χ0) is 25.2. The number of nitrogens with one attached hydrogen (secondary N) is 2. The summed E-state index contributed by atoms with van der Waals surface area (Å²) in [7, 11) is 1.58. The molecule has 1 amide bonds. The quantitative estimate of drug-likeness (QED) is 0.372. The fraction of sp³-hybridized carbons (Fsp3) is 0.185. The number of methoxy groups -OCH3 is 1. The summed E-state index contributed by atoms with van der Waals surface area (Å²) in [5, 5.41) is 6.91. The van der Waals surface area contributed by atoms with E-state index in [4.69, 9.17) is 17.0 Å². The average molecular weight is 499 g/mol. The Hall–Kier alpha value is -4.24. The summed E-state index contributed by atoms with van der Waals surface area (Å²) < 4.78 is 7.66. The molecule has 0 radical (unpaired) electrons. The summed E-state index contributed by atoms with van der Waals surface area (Å²) in [6.07, 6.45) is 5.39. The predicted octanol–water partition coefficient (Wildman–Crippen LogP) is 4.72. The molecule has 0 aliphatic carbocycles. The molecule has 2 atom stereocenters. The number of aromatic nitrogens is 3. The highest BCUT2D eigenvalue weighted by Crippen LogP contribution is 2.44. The molecule has 1 saturated heterocycles. The van der Waals surface area contributed by atoms with Gasteiger partial charge in [0.05, 0.1) is 36.4 Å². The number of hydrogen-bond acceptors (Lipinski definition) is 5. The van der Waals surface area contributed by atoms with Crippen LogP contribution in [0, 0.1) is 6.92 Å². The number of carbonyl (C=O) groups excluding carboxylic acids is 1. The molecule has 0 bridgehead atoms. The van der Waals surface area contributed by atoms with Crippen molar-refractivity contribution in [3.8, 4) is 11.4 Å². The first-order chi connectivity index (χ1) is 17.5. The van der Waals surface area contributed by atoms with Gasteiger partial charge in [-0.25, -0.2) is 0 Å². The Balaban J connectivity index is 1.69. The summed E-state index contributed by atoms with van der Waals surface area (Å²) in [5.74, 6) is 0.385. The van der Waals surface area contributed by atoms with Crippen molar-refractivity contribution in [1.82, 2.24) is 19.9 Å². The van der Waals surface area contributed by atoms with E-state index in [2.05, 4.69) is 49.1 Å². The van der Waals surface area contributed by atoms with Gasteiger partial charge in [-0.1, -0.05) is 6.07 Å². The van der Waals surface area contributed by atoms with Crippen LogP contribution in [0.1, 0.15) is 36.1 Å². The van der Waals surface area contributed by atoms with Gasteiger partial charge in [0.25, 0.3) is 0 Å². The summed E-state index contributed by atoms with van der Waals surface area (Å²) in [5.41, 5.74) is 5.33. The number of hydrogen-bond donors (Lipinski definition) is 2. The van der Waals surface area contributed by atoms with Crippen molar-refractivity contribution in [2.45, 2.75) is 25.9 Å². The van der Waals surface area contributed by atoms with Crippen LogP contribution in [0.15, 0.2) is 79.3 Å². The number of aryl methyl sites for hydroxylation is 1. The SMILES string of the molecule is COc1ccc(N2C(=S)N[C@H](c3ccccn3)[C@@H]2c2ccc(C)n2-c2cccnc2)cc1NC(C)=O. The van der Waals surface area contributed by atoms with E-state index < -0.39 is 0 Å². The Morgan fingerprint density at radius 2 is 1.94 bits per heavy atom. The van der Waals surface area contributed by atoms with Crippen LogP contribution in [0.3, 0.4) is 0 Å². The predicted molar refractivity (Wildman–Crippen MR) is 144 cm³/mol. The number of amides is 1. The molecule has 1 aromatic carbocycles. The van der Waals surface area contributed by atoms with Crippen molar-refractivity contribution in [2.24, 2.45) is 0 Å². The minimum absolute atomic E-state index is 0.184. The van der Waals surface area contributed by atoms with Crippen molar-refractivity contribution in [3.63, 3.8) is 0 Å². The van der Waals surface area contributed by atoms with Crippen LogP contribution < -0.4 is 20.3 Å². The number of anilines is 2. The van der Waals surface area contributed by atoms with Crippen LogP contribution in [0.25, 0.3) is 5.69 Å². The van der Waals surface area contributed by atoms with Gasteiger partial charge in [-0.2, -0.15) is 0 Å². The van der Waals surface area contributed by atoms with Crippen molar-refractivity contribution < 1.29 is 9.53 Å². The number of ether oxygens (including phenoxy) is 1. The Morgan fingerprint density at radius 1 is 1.08 bits per heavy atom. The van der Waals surface area contributed by atoms with Crippen molar-refractivity contribution >= 4 is 34.6 Å². The zero-order valence-corrected chi connectivity index (χ0v) is 21.0. The molecule has 36 heavy (non-hydrogen) atoms. The minimum atomic E-state index is -0.236. The van der Waals surface area contributed by atoms with Gasteiger partial charge in [0.1, 0.15) is 11.8 Å². The molecule has 1 fully saturated rings. The van der Waals surface area contributed by atoms with Crippen LogP contribution in [0.2, 0.25) is 0 Å². The van der Waals surface area contributed by atoms with E-state index in [1.165, 1.54) is 6.92 Å². The lowest BCUT2D eigenvalue weighted by atomic mass is 10.0. The zero-order valence-electron chi connectivity index (χ0n) is 20.2. The van der Waals surface area contributed by atoms with Crippen LogP contribution >= 0.6 is 12.2 Å². The van der Waals surface area contributed by atoms with Crippen LogP contribution in [-0.4, -0.2) is 32.7 Å². The first-order valence-corrected chi connectivity index (χ1v) is 11.9. The molecular formula is C27H26N6O2S. The first kappa shape index (κ1) is 23.5. The molecule has 8 nitrogen and oxygen atoms in total. The number of carbonyl (C=O) groups is 1. The van der Waals surface area contributed by atoms with Gasteiger partial charge in [-0.15, -0.1) is 0 Å². The molecule has 1 aliphatic heterocycles. The topological polar surface area (TPSA) is 84.3 Å². The lowest BCUT2D eigenvalue weighted by molar-refractivity contribution is -0.114. The second kappa shape index (κ2) is 9.79. The fourth-order valence-electron chi connectivity index (χ4n) is 4.69. The third-order valence-corrected chi connectivity index (χ3v) is 6.50. The molecular weight excluding hydrogens is 472 g/mol. The summed E-state index contributed by atoms with van der Waals surface area (Å²) >= 11 is 5.88. The highest BCUT2D eigenvalue weighted by atomic mass is 32.1. The number of pyridine rings is 2. The number of benzene rings is 1. The molecule has 0 saturated carbocycles. The van der Waals surface area contributed by atoms with E-state index in [1.54, 1.807) is 19.5 Å². The minimum Gasteiger partial charge on any atom is -0.495 e. The maximum atomic E-state index is 11.9. The van der Waals surface area contributed by atoms with Crippen LogP contribution in [0.5, 0.6) is 5.75 Å². The van der Waals surface area contributed by atoms with E-state index in [0.29, 0.717) is 16.5 Å². The van der Waals surface area contributed by atoms with E-state index in [9.17, 15) is 4.79 Å². The standard InChI is InChI=1S/C27H26N6O2S/c1-17-9-11-23(32(17)20-7-6-13-28-16-20)26-25(21-8-4-5-14-29-21)31-27(36)33(26)19-10-12-24(35-3)22(15-19)30-18(2)34/h4-16,25-26H,1-3H3,(H,30,34)(H,31,36)/t25-,26+/m1/s1. The van der Waals surface area contributed by atoms with Gasteiger partial charge in [-0.3, -0.25) is 14.8 Å². The van der Waals surface area contributed by atoms with Crippen molar-refractivity contribution in [1.29, 1.82) is 0 Å². The lowest BCUT2D eigenvalue weighted by Gasteiger charge is -2.29. The molecule has 0 unspecified atom stereocenters. The third kappa shape index (κ3) is 4.29. The number of thiocarbonyl (C=S) groups is 1. The van der Waals surface area contributed by atoms with E-state index >= 15 is 0 Å². The Labute approximate surface area is 215 Å². The Morgan fingerprint density at radius 3 is 2.64 bits per heavy atom. The van der Waals surface area contributed by atoms with E-state index in [1.807, 2.05) is 54.7 Å². The largest absolute Gasteiger partial charge is 0.495 e. The molecule has 4 aromatic rings. The lowest BCUT2D eigenvalue weighted by Crippen LogP contribution is -2.30. The van der Waals surface area contributed by atoms with Crippen LogP contribution in [0.4, 0.5) is 11.4 Å². The molecule has 3 aromatic heterocycles. The summed E-state index contributed by atoms with van der Waals surface area (Å²) in [6, 6.07) is 19.2. The van der Waals surface area contributed by atoms with Crippen molar-refractivity contribution in [2.75, 3.05) is 17.3 Å². The second-order valence-corrected chi connectivity index (χ2v) is 8.90. The number of nitrogens with zero attached hydrogens (tertiary/aromatic N) is 4. The molecule has 5 rings (SSSR count). The summed E-state index contributed by atoms with van der Waals surface area (Å²) in [4.78, 5) is 22.9. The Bertz CT molecular complexity index is 1410. The Kier molecular flexibility index (Phi) is 6.39. The third-order valence-electron chi connectivity index (χ3n) is 6.18. The molecule has 9 heteroatoms. The molecule has 182 valence electrons. The van der Waals surface area contributed by atoms with E-state index in [-0.39, 0.29) is 18.0 Å². The van der Waals surface area contributed by atoms with Gasteiger partial charge >= 0.3 is 0 Å². The molecule has 4 heterocycles. The maximum absolute atomic E-state index is 11.9. The smallest absolute Gasteiger partial charge is 0.221 e.